The Morgan fingerprint density at radius 3 is 2.86 bits per heavy atom. The third-order valence-corrected chi connectivity index (χ3v) is 5.34. The summed E-state index contributed by atoms with van der Waals surface area (Å²) in [6, 6.07) is 5.22. The van der Waals surface area contributed by atoms with Crippen LogP contribution in [0.4, 0.5) is 5.69 Å². The van der Waals surface area contributed by atoms with E-state index in [2.05, 4.69) is 5.32 Å². The predicted molar refractivity (Wildman–Crippen MR) is 82.4 cm³/mol. The van der Waals surface area contributed by atoms with E-state index in [4.69, 9.17) is 10.2 Å². The van der Waals surface area contributed by atoms with E-state index >= 15 is 0 Å². The van der Waals surface area contributed by atoms with Gasteiger partial charge in [-0.1, -0.05) is 0 Å². The van der Waals surface area contributed by atoms with Crippen molar-refractivity contribution in [2.24, 2.45) is 30.5 Å². The fourth-order valence-corrected chi connectivity index (χ4v) is 4.16. The van der Waals surface area contributed by atoms with Crippen LogP contribution in [0.3, 0.4) is 0 Å². The molecule has 2 aliphatic rings. The molecule has 2 aromatic rings. The molecule has 0 radical (unpaired) electrons. The van der Waals surface area contributed by atoms with Crippen molar-refractivity contribution in [3.63, 3.8) is 0 Å². The minimum atomic E-state index is -0.409. The number of fused-ring (bicyclic) bond motifs is 3. The maximum Gasteiger partial charge on any atom is 0.419 e. The number of nitrogens with two attached hydrogens (primary N) is 1. The number of aryl methyl sites for hydroxylation is 1. The van der Waals surface area contributed by atoms with Crippen molar-refractivity contribution in [1.29, 1.82) is 0 Å². The molecule has 0 aliphatic heterocycles. The molecule has 4 atom stereocenters. The number of benzene rings is 1. The molecule has 0 saturated heterocycles. The zero-order valence-electron chi connectivity index (χ0n) is 12.4. The lowest BCUT2D eigenvalue weighted by atomic mass is 9.84. The van der Waals surface area contributed by atoms with Crippen molar-refractivity contribution in [1.82, 2.24) is 4.57 Å². The first kappa shape index (κ1) is 13.6. The molecule has 2 aliphatic carbocycles. The lowest BCUT2D eigenvalue weighted by Gasteiger charge is -2.26. The Bertz CT molecular complexity index is 805. The number of oxazole rings is 1. The summed E-state index contributed by atoms with van der Waals surface area (Å²) in [5.41, 5.74) is 8.03. The van der Waals surface area contributed by atoms with Crippen molar-refractivity contribution in [3.05, 3.63) is 28.7 Å². The summed E-state index contributed by atoms with van der Waals surface area (Å²) in [4.78, 5) is 24.0. The summed E-state index contributed by atoms with van der Waals surface area (Å²) in [5.74, 6) is 0.386. The predicted octanol–water partition coefficient (Wildman–Crippen LogP) is 1.44. The Morgan fingerprint density at radius 1 is 1.36 bits per heavy atom. The van der Waals surface area contributed by atoms with Crippen LogP contribution in [0.25, 0.3) is 11.1 Å². The molecule has 2 fully saturated rings. The minimum absolute atomic E-state index is 0.0164. The second-order valence-electron chi connectivity index (χ2n) is 6.54. The lowest BCUT2D eigenvalue weighted by molar-refractivity contribution is -0.121. The summed E-state index contributed by atoms with van der Waals surface area (Å²) < 4.78 is 6.59. The van der Waals surface area contributed by atoms with E-state index in [0.29, 0.717) is 28.6 Å². The van der Waals surface area contributed by atoms with Crippen LogP contribution in [0.1, 0.15) is 19.3 Å². The van der Waals surface area contributed by atoms with Crippen LogP contribution in [0, 0.1) is 17.8 Å². The quantitative estimate of drug-likeness (QED) is 0.878. The zero-order valence-corrected chi connectivity index (χ0v) is 12.4. The van der Waals surface area contributed by atoms with Crippen LogP contribution in [0.15, 0.2) is 27.4 Å². The van der Waals surface area contributed by atoms with Crippen molar-refractivity contribution in [2.75, 3.05) is 5.32 Å². The smallest absolute Gasteiger partial charge is 0.408 e. The number of carbonyl (C=O) groups is 1. The Hall–Kier alpha value is -2.08. The molecular weight excluding hydrogens is 282 g/mol. The van der Waals surface area contributed by atoms with E-state index in [9.17, 15) is 9.59 Å². The first-order chi connectivity index (χ1) is 10.5. The third-order valence-electron chi connectivity index (χ3n) is 5.34. The van der Waals surface area contributed by atoms with Gasteiger partial charge in [-0.2, -0.15) is 0 Å². The van der Waals surface area contributed by atoms with Gasteiger partial charge in [-0.15, -0.1) is 0 Å². The molecule has 1 heterocycles. The molecule has 116 valence electrons. The third kappa shape index (κ3) is 1.90. The van der Waals surface area contributed by atoms with Crippen LogP contribution in [-0.4, -0.2) is 16.5 Å². The molecule has 4 unspecified atom stereocenters. The number of aromatic nitrogens is 1. The number of hydrogen-bond donors (Lipinski definition) is 2. The van der Waals surface area contributed by atoms with Crippen LogP contribution >= 0.6 is 0 Å². The molecule has 4 rings (SSSR count). The average molecular weight is 301 g/mol. The van der Waals surface area contributed by atoms with E-state index in [1.165, 1.54) is 4.57 Å². The second-order valence-corrected chi connectivity index (χ2v) is 6.54. The lowest BCUT2D eigenvalue weighted by Crippen LogP contribution is -2.42. The highest BCUT2D eigenvalue weighted by atomic mass is 16.4. The summed E-state index contributed by atoms with van der Waals surface area (Å²) in [5, 5.41) is 2.93. The molecule has 6 heteroatoms. The van der Waals surface area contributed by atoms with Gasteiger partial charge in [-0.25, -0.2) is 4.79 Å². The molecule has 2 bridgehead atoms. The van der Waals surface area contributed by atoms with Gasteiger partial charge in [0.25, 0.3) is 0 Å². The van der Waals surface area contributed by atoms with Gasteiger partial charge in [0.2, 0.25) is 5.91 Å². The van der Waals surface area contributed by atoms with Gasteiger partial charge in [0, 0.05) is 24.8 Å². The first-order valence-electron chi connectivity index (χ1n) is 7.70. The van der Waals surface area contributed by atoms with Crippen molar-refractivity contribution < 1.29 is 9.21 Å². The molecule has 1 amide bonds. The van der Waals surface area contributed by atoms with E-state index in [-0.39, 0.29) is 17.9 Å². The SMILES string of the molecule is Cn1c(=O)oc2cc(NC(=O)C3C4CCC(C4)C3N)ccc21. The van der Waals surface area contributed by atoms with E-state index in [1.54, 1.807) is 25.2 Å². The first-order valence-corrected chi connectivity index (χ1v) is 7.70. The topological polar surface area (TPSA) is 90.3 Å². The largest absolute Gasteiger partial charge is 0.419 e. The summed E-state index contributed by atoms with van der Waals surface area (Å²) >= 11 is 0. The molecule has 22 heavy (non-hydrogen) atoms. The highest BCUT2D eigenvalue weighted by molar-refractivity contribution is 5.95. The second kappa shape index (κ2) is 4.71. The number of rotatable bonds is 2. The fraction of sp³-hybridized carbons (Fsp3) is 0.500. The van der Waals surface area contributed by atoms with E-state index < -0.39 is 5.76 Å². The molecular formula is C16H19N3O3. The van der Waals surface area contributed by atoms with Crippen LogP contribution in [-0.2, 0) is 11.8 Å². The van der Waals surface area contributed by atoms with Gasteiger partial charge in [-0.3, -0.25) is 9.36 Å². The molecule has 1 aromatic heterocycles. The van der Waals surface area contributed by atoms with Gasteiger partial charge in [-0.05, 0) is 43.2 Å². The highest BCUT2D eigenvalue weighted by Gasteiger charge is 2.49. The van der Waals surface area contributed by atoms with Gasteiger partial charge in [0.15, 0.2) is 5.58 Å². The number of hydrogen-bond acceptors (Lipinski definition) is 4. The number of carbonyl (C=O) groups excluding carboxylic acids is 1. The Morgan fingerprint density at radius 2 is 2.14 bits per heavy atom. The highest BCUT2D eigenvalue weighted by Crippen LogP contribution is 2.47. The van der Waals surface area contributed by atoms with Gasteiger partial charge in [0.1, 0.15) is 0 Å². The maximum absolute atomic E-state index is 12.5. The number of amides is 1. The number of nitrogens with one attached hydrogen (secondary N) is 1. The number of anilines is 1. The van der Waals surface area contributed by atoms with Crippen LogP contribution in [0.2, 0.25) is 0 Å². The van der Waals surface area contributed by atoms with Gasteiger partial charge in [0.05, 0.1) is 11.4 Å². The average Bonchev–Trinajstić information content (AvgIpc) is 3.14. The normalized spacial score (nSPS) is 30.1. The summed E-state index contributed by atoms with van der Waals surface area (Å²) in [6.45, 7) is 0. The Labute approximate surface area is 127 Å². The summed E-state index contributed by atoms with van der Waals surface area (Å²) in [6.07, 6.45) is 3.33. The summed E-state index contributed by atoms with van der Waals surface area (Å²) in [7, 11) is 1.65. The molecule has 6 nitrogen and oxygen atoms in total. The molecule has 1 aromatic carbocycles. The fourth-order valence-electron chi connectivity index (χ4n) is 4.16. The maximum atomic E-state index is 12.5. The van der Waals surface area contributed by atoms with Crippen molar-refractivity contribution in [3.8, 4) is 0 Å². The molecule has 2 saturated carbocycles. The van der Waals surface area contributed by atoms with E-state index in [1.807, 2.05) is 0 Å². The zero-order chi connectivity index (χ0) is 15.4. The molecule has 0 spiro atoms. The van der Waals surface area contributed by atoms with Crippen molar-refractivity contribution in [2.45, 2.75) is 25.3 Å². The standard InChI is InChI=1S/C16H19N3O3/c1-19-11-5-4-10(7-12(11)22-16(19)21)18-15(20)13-8-2-3-9(6-8)14(13)17/h4-5,7-9,13-14H,2-3,6,17H2,1H3,(H,18,20). The van der Waals surface area contributed by atoms with Crippen LogP contribution in [0.5, 0.6) is 0 Å². The monoisotopic (exact) mass is 301 g/mol. The van der Waals surface area contributed by atoms with Crippen molar-refractivity contribution >= 4 is 22.7 Å². The van der Waals surface area contributed by atoms with Gasteiger partial charge < -0.3 is 15.5 Å². The van der Waals surface area contributed by atoms with E-state index in [0.717, 1.165) is 19.3 Å². The molecule has 3 N–H and O–H groups in total. The Balaban J connectivity index is 1.58. The van der Waals surface area contributed by atoms with Gasteiger partial charge >= 0.3 is 5.76 Å². The van der Waals surface area contributed by atoms with Crippen LogP contribution < -0.4 is 16.8 Å². The Kier molecular flexibility index (Phi) is 2.91. The number of nitrogens with zero attached hydrogens (tertiary/aromatic N) is 1. The minimum Gasteiger partial charge on any atom is -0.408 e.